The van der Waals surface area contributed by atoms with Gasteiger partial charge in [0.05, 0.1) is 23.6 Å². The summed E-state index contributed by atoms with van der Waals surface area (Å²) in [6.45, 7) is 4.43. The van der Waals surface area contributed by atoms with Gasteiger partial charge in [-0.25, -0.2) is 0 Å². The summed E-state index contributed by atoms with van der Waals surface area (Å²) in [5.41, 5.74) is 3.75. The molecule has 1 aliphatic heterocycles. The molecule has 8 nitrogen and oxygen atoms in total. The van der Waals surface area contributed by atoms with Gasteiger partial charge in [-0.15, -0.1) is 0 Å². The Bertz CT molecular complexity index is 1270. The number of aromatic nitrogens is 5. The second-order valence-corrected chi connectivity index (χ2v) is 7.87. The molecule has 3 heterocycles. The number of likely N-dealkylation sites (tertiary alicyclic amines) is 1. The average Bonchev–Trinajstić information content (AvgIpc) is 3.41. The van der Waals surface area contributed by atoms with Crippen LogP contribution in [0.5, 0.6) is 0 Å². The number of benzene rings is 2. The first kappa shape index (κ1) is 19.4. The van der Waals surface area contributed by atoms with Gasteiger partial charge in [-0.1, -0.05) is 41.0 Å². The van der Waals surface area contributed by atoms with Crippen molar-refractivity contribution in [2.24, 2.45) is 0 Å². The lowest BCUT2D eigenvalue weighted by Gasteiger charge is -2.39. The highest BCUT2D eigenvalue weighted by Gasteiger charge is 2.39. The highest BCUT2D eigenvalue weighted by molar-refractivity contribution is 6.31. The predicted molar refractivity (Wildman–Crippen MR) is 114 cm³/mol. The second kappa shape index (κ2) is 7.63. The van der Waals surface area contributed by atoms with Gasteiger partial charge in [-0.2, -0.15) is 20.0 Å². The quantitative estimate of drug-likeness (QED) is 0.478. The summed E-state index contributed by atoms with van der Waals surface area (Å²) in [6.07, 6.45) is 3.92. The van der Waals surface area contributed by atoms with Gasteiger partial charge in [-0.3, -0.25) is 4.79 Å². The molecule has 0 bridgehead atoms. The minimum absolute atomic E-state index is 0.111. The number of hydrogen-bond donors (Lipinski definition) is 0. The molecule has 1 amide bonds. The molecule has 156 valence electrons. The van der Waals surface area contributed by atoms with Gasteiger partial charge in [0.1, 0.15) is 6.04 Å². The van der Waals surface area contributed by atoms with Crippen LogP contribution in [0.15, 0.2) is 53.3 Å². The molecule has 0 unspecified atom stereocenters. The maximum Gasteiger partial charge on any atom is 0.257 e. The Morgan fingerprint density at radius 2 is 1.90 bits per heavy atom. The molecule has 1 atom stereocenters. The van der Waals surface area contributed by atoms with Gasteiger partial charge < -0.3 is 9.42 Å². The standard InChI is InChI=1S/C22H19ClN6O2/c1-13-5-3-8-17(29-24-10-11-25-29)19(13)22(30)28-12-9-18(28)21-26-20(27-31-21)15-6-4-7-16(23)14(15)2/h3-8,10-11,18H,9,12H2,1-2H3/t18-/m0/s1. The van der Waals surface area contributed by atoms with Crippen LogP contribution in [0.2, 0.25) is 5.02 Å². The van der Waals surface area contributed by atoms with E-state index in [0.29, 0.717) is 34.5 Å². The monoisotopic (exact) mass is 434 g/mol. The molecule has 0 aliphatic carbocycles. The molecule has 9 heteroatoms. The number of rotatable bonds is 4. The highest BCUT2D eigenvalue weighted by atomic mass is 35.5. The van der Waals surface area contributed by atoms with Crippen LogP contribution in [0.25, 0.3) is 17.1 Å². The number of carbonyl (C=O) groups is 1. The molecule has 2 aromatic heterocycles. The zero-order chi connectivity index (χ0) is 21.5. The third-order valence-corrected chi connectivity index (χ3v) is 6.02. The topological polar surface area (TPSA) is 89.9 Å². The van der Waals surface area contributed by atoms with Gasteiger partial charge in [0.15, 0.2) is 0 Å². The molecule has 0 saturated carbocycles. The molecular weight excluding hydrogens is 416 g/mol. The first-order chi connectivity index (χ1) is 15.0. The third kappa shape index (κ3) is 3.29. The fourth-order valence-corrected chi connectivity index (χ4v) is 3.97. The van der Waals surface area contributed by atoms with Crippen LogP contribution in [-0.2, 0) is 0 Å². The Kier molecular flexibility index (Phi) is 4.78. The second-order valence-electron chi connectivity index (χ2n) is 7.46. The van der Waals surface area contributed by atoms with Gasteiger partial charge in [0.25, 0.3) is 5.91 Å². The van der Waals surface area contributed by atoms with Crippen LogP contribution >= 0.6 is 11.6 Å². The molecule has 1 aliphatic rings. The lowest BCUT2D eigenvalue weighted by Crippen LogP contribution is -2.45. The smallest absolute Gasteiger partial charge is 0.257 e. The Morgan fingerprint density at radius 3 is 2.65 bits per heavy atom. The fraction of sp³-hybridized carbons (Fsp3) is 0.227. The van der Waals surface area contributed by atoms with E-state index in [2.05, 4.69) is 20.3 Å². The van der Waals surface area contributed by atoms with Crippen molar-refractivity contribution in [2.45, 2.75) is 26.3 Å². The normalized spacial score (nSPS) is 15.7. The molecule has 0 radical (unpaired) electrons. The molecule has 4 aromatic rings. The molecule has 0 N–H and O–H groups in total. The van der Waals surface area contributed by atoms with E-state index in [1.54, 1.807) is 17.3 Å². The van der Waals surface area contributed by atoms with Gasteiger partial charge in [-0.05, 0) is 43.5 Å². The number of amides is 1. The Labute approximate surface area is 183 Å². The van der Waals surface area contributed by atoms with E-state index in [1.165, 1.54) is 4.80 Å². The molecule has 0 spiro atoms. The fourth-order valence-electron chi connectivity index (χ4n) is 3.80. The van der Waals surface area contributed by atoms with Crippen LogP contribution < -0.4 is 0 Å². The molecule has 1 fully saturated rings. The third-order valence-electron chi connectivity index (χ3n) is 5.61. The Balaban J connectivity index is 1.45. The van der Waals surface area contributed by atoms with Crippen LogP contribution in [0.4, 0.5) is 0 Å². The van der Waals surface area contributed by atoms with Crippen LogP contribution in [0.1, 0.15) is 39.8 Å². The van der Waals surface area contributed by atoms with Crippen molar-refractivity contribution in [3.8, 4) is 17.1 Å². The first-order valence-electron chi connectivity index (χ1n) is 9.91. The van der Waals surface area contributed by atoms with E-state index in [4.69, 9.17) is 16.1 Å². The Morgan fingerprint density at radius 1 is 1.13 bits per heavy atom. The van der Waals surface area contributed by atoms with Gasteiger partial charge >= 0.3 is 0 Å². The van der Waals surface area contributed by atoms with Crippen molar-refractivity contribution in [1.82, 2.24) is 30.0 Å². The molecule has 5 rings (SSSR count). The summed E-state index contributed by atoms with van der Waals surface area (Å²) in [7, 11) is 0. The number of aryl methyl sites for hydroxylation is 1. The summed E-state index contributed by atoms with van der Waals surface area (Å²) in [6, 6.07) is 10.9. The van der Waals surface area contributed by atoms with E-state index in [0.717, 1.165) is 23.1 Å². The van der Waals surface area contributed by atoms with Gasteiger partial charge in [0, 0.05) is 17.1 Å². The van der Waals surface area contributed by atoms with Crippen molar-refractivity contribution in [3.05, 3.63) is 76.4 Å². The summed E-state index contributed by atoms with van der Waals surface area (Å²) >= 11 is 6.22. The molecule has 2 aromatic carbocycles. The van der Waals surface area contributed by atoms with E-state index in [-0.39, 0.29) is 11.9 Å². The molecule has 31 heavy (non-hydrogen) atoms. The van der Waals surface area contributed by atoms with E-state index in [1.807, 2.05) is 50.2 Å². The largest absolute Gasteiger partial charge is 0.337 e. The van der Waals surface area contributed by atoms with Crippen molar-refractivity contribution in [2.75, 3.05) is 6.54 Å². The van der Waals surface area contributed by atoms with Gasteiger partial charge in [0.2, 0.25) is 11.7 Å². The SMILES string of the molecule is Cc1cccc(-n2nccn2)c1C(=O)N1CC[C@H]1c1nc(-c2cccc(Cl)c2C)no1. The average molecular weight is 435 g/mol. The lowest BCUT2D eigenvalue weighted by atomic mass is 9.98. The van der Waals surface area contributed by atoms with E-state index in [9.17, 15) is 4.79 Å². The zero-order valence-corrected chi connectivity index (χ0v) is 17.7. The number of carbonyl (C=O) groups excluding carboxylic acids is 1. The number of hydrogen-bond acceptors (Lipinski definition) is 6. The summed E-state index contributed by atoms with van der Waals surface area (Å²) in [5.74, 6) is 0.772. The van der Waals surface area contributed by atoms with Crippen molar-refractivity contribution < 1.29 is 9.32 Å². The van der Waals surface area contributed by atoms with E-state index >= 15 is 0 Å². The highest BCUT2D eigenvalue weighted by Crippen LogP contribution is 2.36. The number of halogens is 1. The lowest BCUT2D eigenvalue weighted by molar-refractivity contribution is 0.0377. The molecular formula is C22H19ClN6O2. The minimum atomic E-state index is -0.272. The minimum Gasteiger partial charge on any atom is -0.337 e. The van der Waals surface area contributed by atoms with E-state index < -0.39 is 0 Å². The predicted octanol–water partition coefficient (Wildman–Crippen LogP) is 4.17. The van der Waals surface area contributed by atoms with Crippen molar-refractivity contribution >= 4 is 17.5 Å². The maximum atomic E-state index is 13.5. The van der Waals surface area contributed by atoms with Crippen LogP contribution in [0.3, 0.4) is 0 Å². The summed E-state index contributed by atoms with van der Waals surface area (Å²) in [4.78, 5) is 21.2. The van der Waals surface area contributed by atoms with Crippen LogP contribution in [-0.4, -0.2) is 42.5 Å². The summed E-state index contributed by atoms with van der Waals surface area (Å²) < 4.78 is 5.54. The summed E-state index contributed by atoms with van der Waals surface area (Å²) in [5, 5.41) is 13.1. The van der Waals surface area contributed by atoms with Crippen molar-refractivity contribution in [1.29, 1.82) is 0 Å². The Hall–Kier alpha value is -3.52. The van der Waals surface area contributed by atoms with Crippen LogP contribution in [0, 0.1) is 13.8 Å². The maximum absolute atomic E-state index is 13.5. The molecule has 1 saturated heterocycles. The first-order valence-corrected chi connectivity index (χ1v) is 10.3. The van der Waals surface area contributed by atoms with Crippen molar-refractivity contribution in [3.63, 3.8) is 0 Å². The number of nitrogens with zero attached hydrogens (tertiary/aromatic N) is 6. The zero-order valence-electron chi connectivity index (χ0n) is 17.0.